The molecule has 4 nitrogen and oxygen atoms in total. The van der Waals surface area contributed by atoms with Crippen molar-refractivity contribution in [3.8, 4) is 11.5 Å². The Labute approximate surface area is 133 Å². The summed E-state index contributed by atoms with van der Waals surface area (Å²) < 4.78 is 18.8. The minimum absolute atomic E-state index is 0.209. The van der Waals surface area contributed by atoms with Crippen LogP contribution in [-0.2, 0) is 6.54 Å². The van der Waals surface area contributed by atoms with Gasteiger partial charge in [-0.15, -0.1) is 0 Å². The van der Waals surface area contributed by atoms with E-state index < -0.39 is 11.6 Å². The lowest BCUT2D eigenvalue weighted by Crippen LogP contribution is -2.23. The molecule has 0 saturated heterocycles. The summed E-state index contributed by atoms with van der Waals surface area (Å²) in [5, 5.41) is 12.1. The first kappa shape index (κ1) is 15.3. The Kier molecular flexibility index (Phi) is 4.46. The quantitative estimate of drug-likeness (QED) is 0.860. The van der Waals surface area contributed by atoms with Crippen LogP contribution in [0.15, 0.2) is 42.5 Å². The Bertz CT molecular complexity index is 713. The van der Waals surface area contributed by atoms with Gasteiger partial charge in [0.2, 0.25) is 0 Å². The lowest BCUT2D eigenvalue weighted by Gasteiger charge is -2.12. The summed E-state index contributed by atoms with van der Waals surface area (Å²) in [6, 6.07) is 11.1. The summed E-state index contributed by atoms with van der Waals surface area (Å²) in [5.41, 5.74) is 1.09. The maximum Gasteiger partial charge on any atom is 0.251 e. The van der Waals surface area contributed by atoms with Crippen LogP contribution in [0.4, 0.5) is 4.39 Å². The number of rotatable bonds is 6. The molecular weight excluding hydrogens is 297 g/mol. The smallest absolute Gasteiger partial charge is 0.251 e. The molecule has 0 aliphatic heterocycles. The van der Waals surface area contributed by atoms with E-state index in [2.05, 4.69) is 5.32 Å². The Balaban J connectivity index is 1.62. The van der Waals surface area contributed by atoms with Gasteiger partial charge < -0.3 is 15.2 Å². The van der Waals surface area contributed by atoms with Gasteiger partial charge in [0.25, 0.3) is 5.91 Å². The number of phenolic OH excluding ortho intramolecular Hbond substituents is 1. The second-order valence-electron chi connectivity index (χ2n) is 5.71. The zero-order chi connectivity index (χ0) is 16.2. The number of carbonyl (C=O) groups excluding carboxylic acids is 1. The van der Waals surface area contributed by atoms with Gasteiger partial charge in [0.1, 0.15) is 5.75 Å². The van der Waals surface area contributed by atoms with Gasteiger partial charge in [-0.2, -0.15) is 0 Å². The number of phenols is 1. The van der Waals surface area contributed by atoms with E-state index in [9.17, 15) is 14.3 Å². The summed E-state index contributed by atoms with van der Waals surface area (Å²) in [6.45, 7) is 1.01. The molecule has 1 aliphatic rings. The minimum Gasteiger partial charge on any atom is -0.505 e. The van der Waals surface area contributed by atoms with Crippen LogP contribution in [0.3, 0.4) is 0 Å². The van der Waals surface area contributed by atoms with Gasteiger partial charge in [-0.05, 0) is 43.0 Å². The van der Waals surface area contributed by atoms with Crippen molar-refractivity contribution in [2.24, 2.45) is 5.92 Å². The number of para-hydroxylation sites is 1. The monoisotopic (exact) mass is 315 g/mol. The molecule has 3 rings (SSSR count). The maximum absolute atomic E-state index is 13.0. The van der Waals surface area contributed by atoms with Crippen LogP contribution in [0.5, 0.6) is 11.5 Å². The molecule has 0 atom stereocenters. The van der Waals surface area contributed by atoms with Crippen LogP contribution >= 0.6 is 0 Å². The van der Waals surface area contributed by atoms with Crippen molar-refractivity contribution in [3.63, 3.8) is 0 Å². The third-order valence-corrected chi connectivity index (χ3v) is 3.79. The van der Waals surface area contributed by atoms with Gasteiger partial charge in [-0.25, -0.2) is 4.39 Å². The average Bonchev–Trinajstić information content (AvgIpc) is 3.38. The highest BCUT2D eigenvalue weighted by atomic mass is 19.1. The third kappa shape index (κ3) is 4.00. The highest BCUT2D eigenvalue weighted by Crippen LogP contribution is 2.30. The first-order valence-corrected chi connectivity index (χ1v) is 7.61. The van der Waals surface area contributed by atoms with E-state index in [0.717, 1.165) is 23.4 Å². The first-order chi connectivity index (χ1) is 11.1. The Morgan fingerprint density at radius 1 is 1.26 bits per heavy atom. The van der Waals surface area contributed by atoms with Gasteiger partial charge in [-0.1, -0.05) is 18.2 Å². The van der Waals surface area contributed by atoms with E-state index in [4.69, 9.17) is 4.74 Å². The molecule has 0 radical (unpaired) electrons. The van der Waals surface area contributed by atoms with Gasteiger partial charge in [-0.3, -0.25) is 4.79 Å². The van der Waals surface area contributed by atoms with E-state index in [-0.39, 0.29) is 11.5 Å². The van der Waals surface area contributed by atoms with Crippen molar-refractivity contribution < 1.29 is 19.0 Å². The molecule has 0 spiro atoms. The topological polar surface area (TPSA) is 58.6 Å². The molecular formula is C18H18FNO3. The van der Waals surface area contributed by atoms with E-state index in [1.807, 2.05) is 24.3 Å². The molecule has 120 valence electrons. The molecule has 0 aromatic heterocycles. The summed E-state index contributed by atoms with van der Waals surface area (Å²) in [7, 11) is 0. The van der Waals surface area contributed by atoms with Crippen LogP contribution in [-0.4, -0.2) is 17.6 Å². The Morgan fingerprint density at radius 3 is 2.78 bits per heavy atom. The Hall–Kier alpha value is -2.56. The van der Waals surface area contributed by atoms with E-state index in [1.165, 1.54) is 18.9 Å². The van der Waals surface area contributed by atoms with Gasteiger partial charge >= 0.3 is 0 Å². The van der Waals surface area contributed by atoms with E-state index in [1.54, 1.807) is 0 Å². The Morgan fingerprint density at radius 2 is 2.04 bits per heavy atom. The van der Waals surface area contributed by atoms with Crippen molar-refractivity contribution in [3.05, 3.63) is 59.4 Å². The number of nitrogens with one attached hydrogen (secondary N) is 1. The number of carbonyl (C=O) groups is 1. The number of benzene rings is 2. The van der Waals surface area contributed by atoms with Gasteiger partial charge in [0.05, 0.1) is 6.61 Å². The van der Waals surface area contributed by atoms with Crippen LogP contribution in [0.2, 0.25) is 0 Å². The summed E-state index contributed by atoms with van der Waals surface area (Å²) >= 11 is 0. The largest absolute Gasteiger partial charge is 0.505 e. The summed E-state index contributed by atoms with van der Waals surface area (Å²) in [4.78, 5) is 12.1. The lowest BCUT2D eigenvalue weighted by molar-refractivity contribution is 0.0950. The molecule has 23 heavy (non-hydrogen) atoms. The predicted molar refractivity (Wildman–Crippen MR) is 83.9 cm³/mol. The fourth-order valence-corrected chi connectivity index (χ4v) is 2.21. The van der Waals surface area contributed by atoms with E-state index in [0.29, 0.717) is 19.1 Å². The first-order valence-electron chi connectivity index (χ1n) is 7.61. The molecule has 0 bridgehead atoms. The van der Waals surface area contributed by atoms with Crippen molar-refractivity contribution in [2.45, 2.75) is 19.4 Å². The molecule has 0 heterocycles. The second-order valence-corrected chi connectivity index (χ2v) is 5.71. The zero-order valence-electron chi connectivity index (χ0n) is 12.6. The number of hydrogen-bond donors (Lipinski definition) is 2. The molecule has 1 saturated carbocycles. The highest BCUT2D eigenvalue weighted by Gasteiger charge is 2.22. The van der Waals surface area contributed by atoms with Crippen molar-refractivity contribution in [2.75, 3.05) is 6.61 Å². The van der Waals surface area contributed by atoms with Crippen LogP contribution < -0.4 is 10.1 Å². The maximum atomic E-state index is 13.0. The third-order valence-electron chi connectivity index (χ3n) is 3.79. The molecule has 2 aromatic rings. The van der Waals surface area contributed by atoms with Crippen LogP contribution in [0.25, 0.3) is 0 Å². The van der Waals surface area contributed by atoms with Crippen molar-refractivity contribution >= 4 is 5.91 Å². The number of amides is 1. The molecule has 1 amide bonds. The zero-order valence-corrected chi connectivity index (χ0v) is 12.6. The lowest BCUT2D eigenvalue weighted by atomic mass is 10.1. The molecule has 0 unspecified atom stereocenters. The molecule has 1 fully saturated rings. The highest BCUT2D eigenvalue weighted by molar-refractivity contribution is 5.94. The average molecular weight is 315 g/mol. The number of ether oxygens (including phenoxy) is 1. The van der Waals surface area contributed by atoms with Gasteiger partial charge in [0.15, 0.2) is 11.6 Å². The second kappa shape index (κ2) is 6.69. The van der Waals surface area contributed by atoms with Crippen molar-refractivity contribution in [1.29, 1.82) is 0 Å². The summed E-state index contributed by atoms with van der Waals surface area (Å²) in [5.74, 6) is -0.245. The SMILES string of the molecule is O=C(NCc1ccccc1OCC1CC1)c1ccc(F)c(O)c1. The number of aromatic hydroxyl groups is 1. The fourth-order valence-electron chi connectivity index (χ4n) is 2.21. The van der Waals surface area contributed by atoms with Gasteiger partial charge in [0, 0.05) is 17.7 Å². The molecule has 5 heteroatoms. The van der Waals surface area contributed by atoms with Crippen molar-refractivity contribution in [1.82, 2.24) is 5.32 Å². The molecule has 1 aliphatic carbocycles. The summed E-state index contributed by atoms with van der Waals surface area (Å²) in [6.07, 6.45) is 2.43. The van der Waals surface area contributed by atoms with E-state index >= 15 is 0 Å². The number of halogens is 1. The normalized spacial score (nSPS) is 13.6. The predicted octanol–water partition coefficient (Wildman–Crippen LogP) is 3.25. The standard InChI is InChI=1S/C18H18FNO3/c19-15-8-7-13(9-16(15)21)18(22)20-10-14-3-1-2-4-17(14)23-11-12-5-6-12/h1-4,7-9,12,21H,5-6,10-11H2,(H,20,22). The molecule has 2 N–H and O–H groups in total. The number of hydrogen-bond acceptors (Lipinski definition) is 3. The van der Waals surface area contributed by atoms with Crippen LogP contribution in [0.1, 0.15) is 28.8 Å². The van der Waals surface area contributed by atoms with Crippen LogP contribution in [0, 0.1) is 11.7 Å². The minimum atomic E-state index is -0.750. The molecule has 2 aromatic carbocycles. The fraction of sp³-hybridized carbons (Fsp3) is 0.278.